The van der Waals surface area contributed by atoms with Gasteiger partial charge in [-0.25, -0.2) is 0 Å². The van der Waals surface area contributed by atoms with Crippen LogP contribution in [-0.4, -0.2) is 25.5 Å². The molecule has 6 nitrogen and oxygen atoms in total. The van der Waals surface area contributed by atoms with Gasteiger partial charge in [-0.1, -0.05) is 25.1 Å². The van der Waals surface area contributed by atoms with Crippen LogP contribution in [0.2, 0.25) is 0 Å². The third-order valence-corrected chi connectivity index (χ3v) is 4.55. The predicted octanol–water partition coefficient (Wildman–Crippen LogP) is 3.68. The SMILES string of the molecule is CCCOc1ccc(CNC(=O)C[C@H](NC(C)=O)c2ccc(OC)cc2)c(C)c1. The van der Waals surface area contributed by atoms with E-state index in [1.165, 1.54) is 6.92 Å². The van der Waals surface area contributed by atoms with Crippen LogP contribution in [0.4, 0.5) is 0 Å². The molecule has 0 heterocycles. The molecule has 2 rings (SSSR count). The normalized spacial score (nSPS) is 11.4. The molecule has 2 amide bonds. The molecule has 156 valence electrons. The van der Waals surface area contributed by atoms with Crippen molar-refractivity contribution in [3.63, 3.8) is 0 Å². The average molecular weight is 399 g/mol. The second-order valence-corrected chi connectivity index (χ2v) is 6.94. The molecule has 2 aromatic carbocycles. The van der Waals surface area contributed by atoms with Crippen LogP contribution in [0.5, 0.6) is 11.5 Å². The molecule has 2 aromatic rings. The van der Waals surface area contributed by atoms with Crippen molar-refractivity contribution in [1.82, 2.24) is 10.6 Å². The number of carbonyl (C=O) groups is 2. The molecule has 29 heavy (non-hydrogen) atoms. The number of ether oxygens (including phenoxy) is 2. The highest BCUT2D eigenvalue weighted by atomic mass is 16.5. The maximum absolute atomic E-state index is 12.5. The molecule has 0 radical (unpaired) electrons. The van der Waals surface area contributed by atoms with E-state index in [0.717, 1.165) is 34.6 Å². The van der Waals surface area contributed by atoms with Gasteiger partial charge in [-0.15, -0.1) is 0 Å². The van der Waals surface area contributed by atoms with Crippen molar-refractivity contribution < 1.29 is 19.1 Å². The number of amides is 2. The van der Waals surface area contributed by atoms with E-state index in [-0.39, 0.29) is 18.2 Å². The number of benzene rings is 2. The molecule has 0 spiro atoms. The van der Waals surface area contributed by atoms with E-state index in [1.54, 1.807) is 7.11 Å². The Hall–Kier alpha value is -3.02. The minimum Gasteiger partial charge on any atom is -0.497 e. The summed E-state index contributed by atoms with van der Waals surface area (Å²) in [6.45, 7) is 6.62. The average Bonchev–Trinajstić information content (AvgIpc) is 2.70. The first-order chi connectivity index (χ1) is 13.9. The first-order valence-corrected chi connectivity index (χ1v) is 9.83. The summed E-state index contributed by atoms with van der Waals surface area (Å²) in [5.41, 5.74) is 2.94. The van der Waals surface area contributed by atoms with Crippen molar-refractivity contribution >= 4 is 11.8 Å². The smallest absolute Gasteiger partial charge is 0.222 e. The molecule has 0 aliphatic carbocycles. The number of nitrogens with one attached hydrogen (secondary N) is 2. The van der Waals surface area contributed by atoms with Crippen LogP contribution in [0.3, 0.4) is 0 Å². The van der Waals surface area contributed by atoms with Crippen molar-refractivity contribution in [2.75, 3.05) is 13.7 Å². The van der Waals surface area contributed by atoms with Gasteiger partial charge in [0.2, 0.25) is 11.8 Å². The summed E-state index contributed by atoms with van der Waals surface area (Å²) >= 11 is 0. The highest BCUT2D eigenvalue weighted by molar-refractivity contribution is 5.79. The monoisotopic (exact) mass is 398 g/mol. The zero-order valence-corrected chi connectivity index (χ0v) is 17.6. The van der Waals surface area contributed by atoms with E-state index in [4.69, 9.17) is 9.47 Å². The van der Waals surface area contributed by atoms with Crippen molar-refractivity contribution in [3.05, 3.63) is 59.2 Å². The van der Waals surface area contributed by atoms with E-state index in [9.17, 15) is 9.59 Å². The Morgan fingerprint density at radius 1 is 1.07 bits per heavy atom. The van der Waals surface area contributed by atoms with Crippen LogP contribution in [0.25, 0.3) is 0 Å². The van der Waals surface area contributed by atoms with E-state index in [1.807, 2.05) is 49.4 Å². The lowest BCUT2D eigenvalue weighted by Crippen LogP contribution is -2.32. The number of hydrogen-bond donors (Lipinski definition) is 2. The summed E-state index contributed by atoms with van der Waals surface area (Å²) in [6, 6.07) is 12.8. The van der Waals surface area contributed by atoms with Crippen molar-refractivity contribution in [3.8, 4) is 11.5 Å². The molecule has 0 bridgehead atoms. The van der Waals surface area contributed by atoms with Gasteiger partial charge in [0.05, 0.1) is 26.2 Å². The lowest BCUT2D eigenvalue weighted by molar-refractivity contribution is -0.122. The van der Waals surface area contributed by atoms with Gasteiger partial charge in [0, 0.05) is 13.5 Å². The highest BCUT2D eigenvalue weighted by Crippen LogP contribution is 2.21. The molecule has 0 aliphatic rings. The Kier molecular flexibility index (Phi) is 8.52. The standard InChI is InChI=1S/C23H30N2O4/c1-5-12-29-21-11-8-19(16(2)13-21)15-24-23(27)14-22(25-17(3)26)18-6-9-20(28-4)10-7-18/h6-11,13,22H,5,12,14-15H2,1-4H3,(H,24,27)(H,25,26)/t22-/m0/s1. The highest BCUT2D eigenvalue weighted by Gasteiger charge is 2.17. The van der Waals surface area contributed by atoms with Gasteiger partial charge < -0.3 is 20.1 Å². The zero-order chi connectivity index (χ0) is 21.2. The Bertz CT molecular complexity index is 818. The molecule has 0 unspecified atom stereocenters. The lowest BCUT2D eigenvalue weighted by Gasteiger charge is -2.19. The van der Waals surface area contributed by atoms with Crippen LogP contribution >= 0.6 is 0 Å². The van der Waals surface area contributed by atoms with Crippen LogP contribution in [-0.2, 0) is 16.1 Å². The van der Waals surface area contributed by atoms with Gasteiger partial charge in [-0.3, -0.25) is 9.59 Å². The van der Waals surface area contributed by atoms with Gasteiger partial charge in [0.25, 0.3) is 0 Å². The van der Waals surface area contributed by atoms with E-state index >= 15 is 0 Å². The summed E-state index contributed by atoms with van der Waals surface area (Å²) in [4.78, 5) is 24.1. The Morgan fingerprint density at radius 2 is 1.76 bits per heavy atom. The minimum atomic E-state index is -0.399. The predicted molar refractivity (Wildman–Crippen MR) is 113 cm³/mol. The molecule has 0 saturated carbocycles. The number of methoxy groups -OCH3 is 1. The number of aryl methyl sites for hydroxylation is 1. The van der Waals surface area contributed by atoms with Gasteiger partial charge >= 0.3 is 0 Å². The number of carbonyl (C=O) groups excluding carboxylic acids is 2. The molecular formula is C23H30N2O4. The Morgan fingerprint density at radius 3 is 2.34 bits per heavy atom. The second kappa shape index (κ2) is 11.1. The zero-order valence-electron chi connectivity index (χ0n) is 17.6. The fourth-order valence-corrected chi connectivity index (χ4v) is 2.96. The Labute approximate surface area is 172 Å². The van der Waals surface area contributed by atoms with Crippen molar-refractivity contribution in [2.45, 2.75) is 46.2 Å². The van der Waals surface area contributed by atoms with Gasteiger partial charge in [0.15, 0.2) is 0 Å². The van der Waals surface area contributed by atoms with Crippen LogP contribution in [0, 0.1) is 6.92 Å². The maximum atomic E-state index is 12.5. The van der Waals surface area contributed by atoms with Gasteiger partial charge in [0.1, 0.15) is 11.5 Å². The van der Waals surface area contributed by atoms with Crippen LogP contribution in [0.1, 0.15) is 49.4 Å². The number of hydrogen-bond acceptors (Lipinski definition) is 4. The largest absolute Gasteiger partial charge is 0.497 e. The third-order valence-electron chi connectivity index (χ3n) is 4.55. The quantitative estimate of drug-likeness (QED) is 0.640. The molecule has 0 fully saturated rings. The van der Waals surface area contributed by atoms with E-state index < -0.39 is 6.04 Å². The van der Waals surface area contributed by atoms with Crippen molar-refractivity contribution in [2.24, 2.45) is 0 Å². The summed E-state index contributed by atoms with van der Waals surface area (Å²) < 4.78 is 10.8. The molecule has 0 saturated heterocycles. The minimum absolute atomic E-state index is 0.134. The van der Waals surface area contributed by atoms with Gasteiger partial charge in [-0.05, 0) is 54.3 Å². The lowest BCUT2D eigenvalue weighted by atomic mass is 10.0. The molecular weight excluding hydrogens is 368 g/mol. The fourth-order valence-electron chi connectivity index (χ4n) is 2.96. The Balaban J connectivity index is 1.98. The molecule has 0 aliphatic heterocycles. The summed E-state index contributed by atoms with van der Waals surface area (Å²) in [6.07, 6.45) is 1.11. The van der Waals surface area contributed by atoms with Crippen molar-refractivity contribution in [1.29, 1.82) is 0 Å². The molecule has 6 heteroatoms. The van der Waals surface area contributed by atoms with E-state index in [2.05, 4.69) is 17.6 Å². The summed E-state index contributed by atoms with van der Waals surface area (Å²) in [5, 5.41) is 5.79. The first kappa shape index (κ1) is 22.3. The van der Waals surface area contributed by atoms with E-state index in [0.29, 0.717) is 13.2 Å². The first-order valence-electron chi connectivity index (χ1n) is 9.83. The summed E-state index contributed by atoms with van der Waals surface area (Å²) in [7, 11) is 1.60. The van der Waals surface area contributed by atoms with Crippen LogP contribution in [0.15, 0.2) is 42.5 Å². The van der Waals surface area contributed by atoms with Gasteiger partial charge in [-0.2, -0.15) is 0 Å². The molecule has 1 atom stereocenters. The molecule has 0 aromatic heterocycles. The number of rotatable bonds is 10. The second-order valence-electron chi connectivity index (χ2n) is 6.94. The topological polar surface area (TPSA) is 76.7 Å². The molecule has 2 N–H and O–H groups in total. The maximum Gasteiger partial charge on any atom is 0.222 e. The van der Waals surface area contributed by atoms with Crippen LogP contribution < -0.4 is 20.1 Å². The summed E-state index contributed by atoms with van der Waals surface area (Å²) in [5.74, 6) is 1.24. The fraction of sp³-hybridized carbons (Fsp3) is 0.391. The third kappa shape index (κ3) is 7.14.